The van der Waals surface area contributed by atoms with Crippen LogP contribution in [0.15, 0.2) is 12.1 Å². The van der Waals surface area contributed by atoms with Crippen molar-refractivity contribution in [1.29, 1.82) is 0 Å². The number of nitrogens with zero attached hydrogens (tertiary/aromatic N) is 1. The lowest BCUT2D eigenvalue weighted by atomic mass is 10.1. The molecule has 0 aromatic carbocycles. The lowest BCUT2D eigenvalue weighted by Gasteiger charge is -2.25. The summed E-state index contributed by atoms with van der Waals surface area (Å²) >= 11 is 0. The summed E-state index contributed by atoms with van der Waals surface area (Å²) in [5.74, 6) is 0.327. The smallest absolute Gasteiger partial charge is 0.374 e. The fourth-order valence-electron chi connectivity index (χ4n) is 1.66. The van der Waals surface area contributed by atoms with E-state index in [1.807, 2.05) is 20.8 Å². The molecular weight excluding hydrogens is 271 g/mol. The van der Waals surface area contributed by atoms with E-state index >= 15 is 0 Å². The Morgan fingerprint density at radius 2 is 1.80 bits per heavy atom. The predicted molar refractivity (Wildman–Crippen MR) is 73.0 cm³/mol. The lowest BCUT2D eigenvalue weighted by molar-refractivity contribution is -0.137. The SMILES string of the molecule is CCOC(C)(C)CNc1cc(C(F)(F)F)cc(NC)n1. The molecule has 0 saturated carbocycles. The van der Waals surface area contributed by atoms with Gasteiger partial charge in [-0.25, -0.2) is 4.98 Å². The minimum Gasteiger partial charge on any atom is -0.374 e. The molecule has 7 heteroatoms. The molecule has 2 N–H and O–H groups in total. The van der Waals surface area contributed by atoms with Crippen LogP contribution in [-0.2, 0) is 10.9 Å². The first-order valence-electron chi connectivity index (χ1n) is 6.33. The first-order chi connectivity index (χ1) is 9.18. The van der Waals surface area contributed by atoms with Crippen molar-refractivity contribution < 1.29 is 17.9 Å². The van der Waals surface area contributed by atoms with Crippen molar-refractivity contribution in [3.63, 3.8) is 0 Å². The van der Waals surface area contributed by atoms with Crippen LogP contribution >= 0.6 is 0 Å². The van der Waals surface area contributed by atoms with E-state index in [-0.39, 0.29) is 11.6 Å². The maximum atomic E-state index is 12.8. The third kappa shape index (κ3) is 4.88. The number of aromatic nitrogens is 1. The van der Waals surface area contributed by atoms with Gasteiger partial charge in [-0.3, -0.25) is 0 Å². The van der Waals surface area contributed by atoms with E-state index in [9.17, 15) is 13.2 Å². The molecule has 114 valence electrons. The summed E-state index contributed by atoms with van der Waals surface area (Å²) in [6, 6.07) is 1.96. The molecule has 0 fully saturated rings. The van der Waals surface area contributed by atoms with Gasteiger partial charge >= 0.3 is 6.18 Å². The number of rotatable bonds is 6. The first kappa shape index (κ1) is 16.6. The number of halogens is 3. The van der Waals surface area contributed by atoms with Gasteiger partial charge in [-0.15, -0.1) is 0 Å². The third-order valence-corrected chi connectivity index (χ3v) is 2.64. The number of pyridine rings is 1. The Balaban J connectivity index is 2.90. The second kappa shape index (κ2) is 6.30. The highest BCUT2D eigenvalue weighted by Crippen LogP contribution is 2.32. The van der Waals surface area contributed by atoms with Gasteiger partial charge in [-0.1, -0.05) is 0 Å². The molecule has 0 saturated heterocycles. The molecular formula is C13H20F3N3O. The summed E-state index contributed by atoms with van der Waals surface area (Å²) < 4.78 is 43.8. The highest BCUT2D eigenvalue weighted by Gasteiger charge is 2.31. The number of ether oxygens (including phenoxy) is 1. The fourth-order valence-corrected chi connectivity index (χ4v) is 1.66. The molecule has 0 bridgehead atoms. The maximum Gasteiger partial charge on any atom is 0.416 e. The van der Waals surface area contributed by atoms with Gasteiger partial charge in [0.15, 0.2) is 0 Å². The molecule has 0 aliphatic rings. The molecule has 0 radical (unpaired) electrons. The molecule has 0 unspecified atom stereocenters. The van der Waals surface area contributed by atoms with E-state index in [1.54, 1.807) is 0 Å². The summed E-state index contributed by atoms with van der Waals surface area (Å²) in [5, 5.41) is 5.50. The van der Waals surface area contributed by atoms with Gasteiger partial charge in [0.25, 0.3) is 0 Å². The van der Waals surface area contributed by atoms with Gasteiger partial charge in [-0.05, 0) is 32.9 Å². The predicted octanol–water partition coefficient (Wildman–Crippen LogP) is 3.37. The monoisotopic (exact) mass is 291 g/mol. The largest absolute Gasteiger partial charge is 0.416 e. The minimum absolute atomic E-state index is 0.163. The molecule has 1 rings (SSSR count). The zero-order chi connectivity index (χ0) is 15.4. The number of nitrogens with one attached hydrogen (secondary N) is 2. The normalized spacial score (nSPS) is 12.3. The van der Waals surface area contributed by atoms with E-state index < -0.39 is 17.3 Å². The average molecular weight is 291 g/mol. The fraction of sp³-hybridized carbons (Fsp3) is 0.615. The Bertz CT molecular complexity index is 447. The Kier molecular flexibility index (Phi) is 5.21. The zero-order valence-electron chi connectivity index (χ0n) is 12.1. The van der Waals surface area contributed by atoms with Crippen LogP contribution in [0.2, 0.25) is 0 Å². The van der Waals surface area contributed by atoms with Crippen molar-refractivity contribution in [2.75, 3.05) is 30.8 Å². The van der Waals surface area contributed by atoms with Gasteiger partial charge in [-0.2, -0.15) is 13.2 Å². The van der Waals surface area contributed by atoms with Crippen LogP contribution in [0, 0.1) is 0 Å². The van der Waals surface area contributed by atoms with Crippen molar-refractivity contribution in [1.82, 2.24) is 4.98 Å². The second-order valence-electron chi connectivity index (χ2n) is 4.92. The molecule has 0 spiro atoms. The van der Waals surface area contributed by atoms with Crippen molar-refractivity contribution in [3.8, 4) is 0 Å². The summed E-state index contributed by atoms with van der Waals surface area (Å²) in [4.78, 5) is 4.05. The minimum atomic E-state index is -4.40. The Morgan fingerprint density at radius 3 is 2.30 bits per heavy atom. The average Bonchev–Trinajstić information content (AvgIpc) is 2.35. The van der Waals surface area contributed by atoms with E-state index in [4.69, 9.17) is 4.74 Å². The van der Waals surface area contributed by atoms with Gasteiger partial charge in [0.1, 0.15) is 11.6 Å². The summed E-state index contributed by atoms with van der Waals surface area (Å²) in [5.41, 5.74) is -1.22. The zero-order valence-corrected chi connectivity index (χ0v) is 12.1. The van der Waals surface area contributed by atoms with E-state index in [1.165, 1.54) is 7.05 Å². The van der Waals surface area contributed by atoms with Gasteiger partial charge in [0, 0.05) is 20.2 Å². The summed E-state index contributed by atoms with van der Waals surface area (Å²) in [6.45, 7) is 6.47. The maximum absolute atomic E-state index is 12.8. The number of hydrogen-bond acceptors (Lipinski definition) is 4. The van der Waals surface area contributed by atoms with Crippen molar-refractivity contribution in [2.45, 2.75) is 32.5 Å². The highest BCUT2D eigenvalue weighted by molar-refractivity contribution is 5.49. The van der Waals surface area contributed by atoms with Crippen LogP contribution in [0.1, 0.15) is 26.3 Å². The summed E-state index contributed by atoms with van der Waals surface area (Å²) in [7, 11) is 1.52. The third-order valence-electron chi connectivity index (χ3n) is 2.64. The molecule has 0 atom stereocenters. The topological polar surface area (TPSA) is 46.2 Å². The molecule has 1 aromatic rings. The van der Waals surface area contributed by atoms with Crippen molar-refractivity contribution in [3.05, 3.63) is 17.7 Å². The second-order valence-corrected chi connectivity index (χ2v) is 4.92. The molecule has 4 nitrogen and oxygen atoms in total. The number of hydrogen-bond donors (Lipinski definition) is 2. The number of anilines is 2. The summed E-state index contributed by atoms with van der Waals surface area (Å²) in [6.07, 6.45) is -4.40. The first-order valence-corrected chi connectivity index (χ1v) is 6.33. The van der Waals surface area contributed by atoms with Crippen LogP contribution in [-0.4, -0.2) is 30.8 Å². The van der Waals surface area contributed by atoms with Crippen LogP contribution in [0.3, 0.4) is 0 Å². The molecule has 0 amide bonds. The molecule has 20 heavy (non-hydrogen) atoms. The van der Waals surface area contributed by atoms with E-state index in [2.05, 4.69) is 15.6 Å². The Hall–Kier alpha value is -1.50. The highest BCUT2D eigenvalue weighted by atomic mass is 19.4. The molecule has 1 heterocycles. The van der Waals surface area contributed by atoms with Gasteiger partial charge in [0.2, 0.25) is 0 Å². The van der Waals surface area contributed by atoms with Crippen LogP contribution in [0.5, 0.6) is 0 Å². The Morgan fingerprint density at radius 1 is 1.20 bits per heavy atom. The van der Waals surface area contributed by atoms with Crippen LogP contribution in [0.4, 0.5) is 24.8 Å². The lowest BCUT2D eigenvalue weighted by Crippen LogP contribution is -2.33. The quantitative estimate of drug-likeness (QED) is 0.843. The molecule has 1 aromatic heterocycles. The Labute approximate surface area is 116 Å². The molecule has 0 aliphatic carbocycles. The van der Waals surface area contributed by atoms with Gasteiger partial charge in [0.05, 0.1) is 11.2 Å². The van der Waals surface area contributed by atoms with Crippen molar-refractivity contribution >= 4 is 11.6 Å². The van der Waals surface area contributed by atoms with Crippen LogP contribution < -0.4 is 10.6 Å². The van der Waals surface area contributed by atoms with Gasteiger partial charge < -0.3 is 15.4 Å². The standard InChI is InChI=1S/C13H20F3N3O/c1-5-20-12(2,3)8-18-11-7-9(13(14,15)16)6-10(17-4)19-11/h6-7H,5,8H2,1-4H3,(H2,17,18,19). The van der Waals surface area contributed by atoms with E-state index in [0.29, 0.717) is 13.2 Å². The van der Waals surface area contributed by atoms with Crippen LogP contribution in [0.25, 0.3) is 0 Å². The number of alkyl halides is 3. The van der Waals surface area contributed by atoms with Crippen molar-refractivity contribution in [2.24, 2.45) is 0 Å². The molecule has 0 aliphatic heterocycles. The van der Waals surface area contributed by atoms with E-state index in [0.717, 1.165) is 12.1 Å².